The van der Waals surface area contributed by atoms with E-state index in [1.165, 1.54) is 10.8 Å². The summed E-state index contributed by atoms with van der Waals surface area (Å²) in [6, 6.07) is 4.04. The topological polar surface area (TPSA) is 177 Å². The number of pyridine rings is 2. The Morgan fingerprint density at radius 1 is 0.900 bits per heavy atom. The number of imidazole rings is 1. The summed E-state index contributed by atoms with van der Waals surface area (Å²) in [6.45, 7) is 7.66. The molecule has 3 aliphatic rings. The molecular weight excluding hydrogens is 648 g/mol. The van der Waals surface area contributed by atoms with Crippen molar-refractivity contribution in [2.24, 2.45) is 7.05 Å². The number of hydrogen-bond donors (Lipinski definition) is 1. The number of aromatic nitrogens is 6. The van der Waals surface area contributed by atoms with Crippen molar-refractivity contribution in [2.75, 3.05) is 76.0 Å². The van der Waals surface area contributed by atoms with Gasteiger partial charge in [0, 0.05) is 44.8 Å². The summed E-state index contributed by atoms with van der Waals surface area (Å²) in [5.41, 5.74) is 1.30. The molecule has 0 aromatic carbocycles. The van der Waals surface area contributed by atoms with E-state index in [2.05, 4.69) is 35.1 Å². The van der Waals surface area contributed by atoms with Crippen LogP contribution in [0.4, 0.5) is 17.7 Å². The lowest BCUT2D eigenvalue weighted by atomic mass is 9.93. The highest BCUT2D eigenvalue weighted by atomic mass is 16.6. The van der Waals surface area contributed by atoms with Crippen LogP contribution in [0, 0.1) is 10.1 Å². The average molecular weight is 691 g/mol. The summed E-state index contributed by atoms with van der Waals surface area (Å²) in [5.74, 6) is 2.78. The van der Waals surface area contributed by atoms with Gasteiger partial charge in [-0.2, -0.15) is 4.98 Å². The summed E-state index contributed by atoms with van der Waals surface area (Å²) in [4.78, 5) is 37.7. The van der Waals surface area contributed by atoms with Gasteiger partial charge in [0.2, 0.25) is 11.8 Å². The molecule has 1 aliphatic carbocycles. The summed E-state index contributed by atoms with van der Waals surface area (Å²) in [7, 11) is 1.59. The highest BCUT2D eigenvalue weighted by Gasteiger charge is 2.26. The monoisotopic (exact) mass is 690 g/mol. The Hall–Kier alpha value is -4.87. The highest BCUT2D eigenvalue weighted by Crippen LogP contribution is 2.33. The quantitative estimate of drug-likeness (QED) is 0.160. The van der Waals surface area contributed by atoms with Crippen LogP contribution in [0.5, 0.6) is 17.4 Å². The van der Waals surface area contributed by atoms with Gasteiger partial charge in [0.1, 0.15) is 37.1 Å². The molecule has 0 amide bonds. The third-order valence-corrected chi connectivity index (χ3v) is 9.24. The van der Waals surface area contributed by atoms with E-state index in [9.17, 15) is 10.1 Å². The number of fused-ring (bicyclic) bond motifs is 1. The fourth-order valence-corrected chi connectivity index (χ4v) is 6.33. The van der Waals surface area contributed by atoms with E-state index in [4.69, 9.17) is 28.7 Å². The van der Waals surface area contributed by atoms with Crippen LogP contribution in [0.25, 0.3) is 10.9 Å². The van der Waals surface area contributed by atoms with E-state index in [0.717, 1.165) is 88.3 Å². The zero-order chi connectivity index (χ0) is 34.3. The van der Waals surface area contributed by atoms with Crippen molar-refractivity contribution in [2.45, 2.75) is 44.4 Å². The van der Waals surface area contributed by atoms with Gasteiger partial charge in [0.25, 0.3) is 0 Å². The second-order valence-electron chi connectivity index (χ2n) is 12.6. The molecule has 50 heavy (non-hydrogen) atoms. The van der Waals surface area contributed by atoms with Crippen LogP contribution in [0.3, 0.4) is 0 Å². The Bertz CT molecular complexity index is 1740. The Labute approximate surface area is 289 Å². The van der Waals surface area contributed by atoms with Crippen molar-refractivity contribution in [1.82, 2.24) is 34.4 Å². The third-order valence-electron chi connectivity index (χ3n) is 9.24. The molecule has 6 heterocycles. The van der Waals surface area contributed by atoms with Gasteiger partial charge in [-0.25, -0.2) is 14.5 Å². The van der Waals surface area contributed by atoms with E-state index in [-0.39, 0.29) is 24.7 Å². The third kappa shape index (κ3) is 8.28. The Kier molecular flexibility index (Phi) is 10.6. The molecule has 17 nitrogen and oxygen atoms in total. The lowest BCUT2D eigenvalue weighted by Gasteiger charge is -2.31. The number of hydrogen-bond acceptors (Lipinski definition) is 15. The van der Waals surface area contributed by atoms with Gasteiger partial charge in [-0.05, 0) is 36.7 Å². The average Bonchev–Trinajstić information content (AvgIpc) is 3.53. The molecule has 0 spiro atoms. The van der Waals surface area contributed by atoms with Crippen molar-refractivity contribution >= 4 is 28.6 Å². The Morgan fingerprint density at radius 2 is 1.62 bits per heavy atom. The number of nitrogens with zero attached hydrogens (tertiary/aromatic N) is 9. The molecule has 4 aromatic rings. The van der Waals surface area contributed by atoms with E-state index in [1.807, 2.05) is 12.1 Å². The SMILES string of the molecule is Cn1c(COc2cnc3cc(N4CCOCC4)nc(OC4CCC(Nc5ncc(OCCN6CCOCC6)cn5)CC4)c3c2)cnc1[N+](=O)[O-]. The number of morpholine rings is 2. The molecule has 17 heteroatoms. The van der Waals surface area contributed by atoms with Crippen molar-refractivity contribution in [3.63, 3.8) is 0 Å². The smallest absolute Gasteiger partial charge is 0.434 e. The highest BCUT2D eigenvalue weighted by molar-refractivity contribution is 5.87. The molecule has 7 rings (SSSR count). The van der Waals surface area contributed by atoms with Crippen LogP contribution in [-0.4, -0.2) is 117 Å². The van der Waals surface area contributed by atoms with E-state index < -0.39 is 4.92 Å². The van der Waals surface area contributed by atoms with Crippen molar-refractivity contribution in [3.8, 4) is 17.4 Å². The molecule has 3 fully saturated rings. The lowest BCUT2D eigenvalue weighted by Crippen LogP contribution is -2.38. The standard InChI is InChI=1S/C33H42N10O7/c1-40-24(18-37-33(40)43(44)45)22-49-26-16-28-29(34-19-26)17-30(42-9-13-47-14-10-42)39-31(28)50-25-4-2-23(3-5-25)38-32-35-20-27(21-36-32)48-15-8-41-6-11-46-12-7-41/h16-21,23,25H,2-15,22H2,1H3,(H,35,36,38). The summed E-state index contributed by atoms with van der Waals surface area (Å²) >= 11 is 0. The molecule has 0 radical (unpaired) electrons. The largest absolute Gasteiger partial charge is 0.489 e. The summed E-state index contributed by atoms with van der Waals surface area (Å²) in [6.07, 6.45) is 9.90. The Morgan fingerprint density at radius 3 is 2.34 bits per heavy atom. The molecule has 0 unspecified atom stereocenters. The first-order valence-electron chi connectivity index (χ1n) is 17.1. The van der Waals surface area contributed by atoms with Crippen molar-refractivity contribution in [3.05, 3.63) is 52.7 Å². The molecule has 1 N–H and O–H groups in total. The van der Waals surface area contributed by atoms with Crippen LogP contribution in [-0.2, 0) is 23.1 Å². The zero-order valence-corrected chi connectivity index (χ0v) is 28.1. The van der Waals surface area contributed by atoms with E-state index in [1.54, 1.807) is 25.6 Å². The maximum atomic E-state index is 11.2. The molecule has 266 valence electrons. The number of nitrogens with one attached hydrogen (secondary N) is 1. The minimum absolute atomic E-state index is 0.0357. The predicted molar refractivity (Wildman–Crippen MR) is 182 cm³/mol. The number of anilines is 2. The maximum absolute atomic E-state index is 11.2. The number of rotatable bonds is 13. The molecule has 0 bridgehead atoms. The fraction of sp³-hybridized carbons (Fsp3) is 0.545. The van der Waals surface area contributed by atoms with Crippen LogP contribution >= 0.6 is 0 Å². The maximum Gasteiger partial charge on any atom is 0.434 e. The molecule has 0 atom stereocenters. The first kappa shape index (κ1) is 33.6. The second-order valence-corrected chi connectivity index (χ2v) is 12.6. The molecular formula is C33H42N10O7. The summed E-state index contributed by atoms with van der Waals surface area (Å²) in [5, 5.41) is 15.4. The zero-order valence-electron chi connectivity index (χ0n) is 28.1. The predicted octanol–water partition coefficient (Wildman–Crippen LogP) is 2.99. The number of ether oxygens (including phenoxy) is 5. The van der Waals surface area contributed by atoms with E-state index in [0.29, 0.717) is 48.8 Å². The minimum Gasteiger partial charge on any atom is -0.489 e. The fourth-order valence-electron chi connectivity index (χ4n) is 6.33. The minimum atomic E-state index is -0.526. The first-order chi connectivity index (χ1) is 24.5. The lowest BCUT2D eigenvalue weighted by molar-refractivity contribution is -0.396. The normalized spacial score (nSPS) is 20.1. The van der Waals surface area contributed by atoms with E-state index >= 15 is 0 Å². The van der Waals surface area contributed by atoms with Gasteiger partial charge in [0.05, 0.1) is 63.0 Å². The van der Waals surface area contributed by atoms with Gasteiger partial charge in [-0.3, -0.25) is 9.88 Å². The summed E-state index contributed by atoms with van der Waals surface area (Å²) < 4.78 is 30.8. The van der Waals surface area contributed by atoms with Gasteiger partial charge in [0.15, 0.2) is 11.4 Å². The van der Waals surface area contributed by atoms with Gasteiger partial charge < -0.3 is 44.0 Å². The van der Waals surface area contributed by atoms with Gasteiger partial charge in [-0.15, -0.1) is 0 Å². The molecule has 4 aromatic heterocycles. The van der Waals surface area contributed by atoms with Gasteiger partial charge >= 0.3 is 5.95 Å². The van der Waals surface area contributed by atoms with Crippen LogP contribution < -0.4 is 24.4 Å². The molecule has 1 saturated carbocycles. The molecule has 2 saturated heterocycles. The first-order valence-corrected chi connectivity index (χ1v) is 17.1. The van der Waals surface area contributed by atoms with Crippen LogP contribution in [0.15, 0.2) is 36.9 Å². The van der Waals surface area contributed by atoms with Crippen molar-refractivity contribution in [1.29, 1.82) is 0 Å². The van der Waals surface area contributed by atoms with Gasteiger partial charge in [-0.1, -0.05) is 4.98 Å². The Balaban J connectivity index is 0.974. The second kappa shape index (κ2) is 15.8. The van der Waals surface area contributed by atoms with Crippen LogP contribution in [0.1, 0.15) is 31.4 Å². The van der Waals surface area contributed by atoms with Crippen molar-refractivity contribution < 1.29 is 28.6 Å². The number of nitro groups is 1. The van der Waals surface area contributed by atoms with Crippen LogP contribution in [0.2, 0.25) is 0 Å². The molecule has 2 aliphatic heterocycles.